The quantitative estimate of drug-likeness (QED) is 0.624. The second-order valence-corrected chi connectivity index (χ2v) is 9.56. The highest BCUT2D eigenvalue weighted by Crippen LogP contribution is 2.26. The topological polar surface area (TPSA) is 109 Å². The van der Waals surface area contributed by atoms with E-state index in [2.05, 4.69) is 17.3 Å². The van der Waals surface area contributed by atoms with E-state index >= 15 is 0 Å². The third-order valence-electron chi connectivity index (χ3n) is 6.43. The highest BCUT2D eigenvalue weighted by atomic mass is 16.3. The maximum atomic E-state index is 13.2. The van der Waals surface area contributed by atoms with Gasteiger partial charge in [0.05, 0.1) is 5.69 Å². The first-order valence-electron chi connectivity index (χ1n) is 11.9. The molecule has 2 N–H and O–H groups in total. The molecule has 1 saturated heterocycles. The van der Waals surface area contributed by atoms with Gasteiger partial charge in [-0.3, -0.25) is 19.0 Å². The van der Waals surface area contributed by atoms with Crippen LogP contribution in [0.3, 0.4) is 0 Å². The molecule has 9 nitrogen and oxygen atoms in total. The molecule has 0 radical (unpaired) electrons. The molecule has 9 heteroatoms. The normalized spacial score (nSPS) is 18.7. The lowest BCUT2D eigenvalue weighted by atomic mass is 10.1. The van der Waals surface area contributed by atoms with Crippen molar-refractivity contribution in [2.24, 2.45) is 5.92 Å². The summed E-state index contributed by atoms with van der Waals surface area (Å²) >= 11 is 0. The van der Waals surface area contributed by atoms with Crippen molar-refractivity contribution < 1.29 is 14.7 Å². The van der Waals surface area contributed by atoms with E-state index in [1.165, 1.54) is 10.6 Å². The molecule has 2 amide bonds. The van der Waals surface area contributed by atoms with E-state index in [0.29, 0.717) is 23.4 Å². The number of carbonyl (C=O) groups is 2. The van der Waals surface area contributed by atoms with E-state index in [9.17, 15) is 19.5 Å². The number of fused-ring (bicyclic) bond motifs is 1. The van der Waals surface area contributed by atoms with Crippen molar-refractivity contribution in [3.63, 3.8) is 0 Å². The predicted octanol–water partition coefficient (Wildman–Crippen LogP) is 2.47. The Morgan fingerprint density at radius 2 is 2.00 bits per heavy atom. The maximum absolute atomic E-state index is 13.2. The molecule has 0 spiro atoms. The van der Waals surface area contributed by atoms with Gasteiger partial charge in [-0.15, -0.1) is 0 Å². The zero-order valence-corrected chi connectivity index (χ0v) is 19.8. The molecule has 2 aliphatic rings. The van der Waals surface area contributed by atoms with Crippen LogP contribution in [0.1, 0.15) is 74.5 Å². The molecule has 1 atom stereocenters. The molecule has 178 valence electrons. The Morgan fingerprint density at radius 1 is 1.27 bits per heavy atom. The highest BCUT2D eigenvalue weighted by molar-refractivity contribution is 5.97. The Balaban J connectivity index is 1.80. The number of carbonyl (C=O) groups excluding carboxylic acids is 2. The number of amides is 2. The summed E-state index contributed by atoms with van der Waals surface area (Å²) in [7, 11) is 0. The van der Waals surface area contributed by atoms with Crippen molar-refractivity contribution >= 4 is 23.5 Å². The van der Waals surface area contributed by atoms with E-state index in [1.54, 1.807) is 17.6 Å². The lowest BCUT2D eigenvalue weighted by Gasteiger charge is -2.22. The Kier molecular flexibility index (Phi) is 6.32. The molecule has 2 aromatic rings. The van der Waals surface area contributed by atoms with Gasteiger partial charge in [0, 0.05) is 36.8 Å². The third-order valence-corrected chi connectivity index (χ3v) is 6.43. The van der Waals surface area contributed by atoms with Gasteiger partial charge in [0.15, 0.2) is 5.56 Å². The number of hydrogen-bond donors (Lipinski definition) is 2. The molecule has 0 aromatic carbocycles. The molecule has 1 aliphatic carbocycles. The summed E-state index contributed by atoms with van der Waals surface area (Å²) in [5.41, 5.74) is 0.538. The first-order chi connectivity index (χ1) is 15.7. The van der Waals surface area contributed by atoms with Crippen LogP contribution in [0.25, 0.3) is 11.7 Å². The second kappa shape index (κ2) is 9.03. The van der Waals surface area contributed by atoms with E-state index in [4.69, 9.17) is 0 Å². The van der Waals surface area contributed by atoms with Crippen LogP contribution in [0.5, 0.6) is 5.88 Å². The van der Waals surface area contributed by atoms with Crippen molar-refractivity contribution in [1.29, 1.82) is 0 Å². The molecule has 2 fully saturated rings. The minimum Gasteiger partial charge on any atom is -0.494 e. The van der Waals surface area contributed by atoms with E-state index in [0.717, 1.165) is 38.6 Å². The number of aromatic nitrogens is 3. The van der Waals surface area contributed by atoms with Gasteiger partial charge in [-0.1, -0.05) is 20.8 Å². The Labute approximate surface area is 193 Å². The molecule has 0 unspecified atom stereocenters. The molecular weight excluding hydrogens is 422 g/mol. The van der Waals surface area contributed by atoms with E-state index in [-0.39, 0.29) is 35.4 Å². The van der Waals surface area contributed by atoms with Gasteiger partial charge >= 0.3 is 0 Å². The maximum Gasteiger partial charge on any atom is 0.291 e. The fourth-order valence-corrected chi connectivity index (χ4v) is 4.58. The standard InChI is InChI=1S/C24H33N5O4/c1-5-17-7-6-12-27(17)19(30)11-10-18-15(4)26-29-22(18)28(13-14(2)3)23(32)20(24(29)33)21(31)25-16-8-9-16/h10-11,14,16-17,32H,5-9,12-13H2,1-4H3,(H,25,31)/b11-10+/t17-/m1/s1. The van der Waals surface area contributed by atoms with Gasteiger partial charge in [-0.05, 0) is 51.0 Å². The van der Waals surface area contributed by atoms with Gasteiger partial charge < -0.3 is 15.3 Å². The number of rotatable bonds is 7. The smallest absolute Gasteiger partial charge is 0.291 e. The first kappa shape index (κ1) is 23.1. The summed E-state index contributed by atoms with van der Waals surface area (Å²) < 4.78 is 2.73. The number of aromatic hydroxyl groups is 1. The van der Waals surface area contributed by atoms with Crippen LogP contribution in [0.15, 0.2) is 10.9 Å². The van der Waals surface area contributed by atoms with Crippen molar-refractivity contribution in [1.82, 2.24) is 24.4 Å². The third kappa shape index (κ3) is 4.41. The molecule has 0 bridgehead atoms. The zero-order valence-electron chi connectivity index (χ0n) is 19.8. The van der Waals surface area contributed by atoms with Crippen LogP contribution in [0.4, 0.5) is 0 Å². The number of nitrogens with one attached hydrogen (secondary N) is 1. The van der Waals surface area contributed by atoms with E-state index in [1.807, 2.05) is 18.7 Å². The van der Waals surface area contributed by atoms with Crippen LogP contribution in [-0.4, -0.2) is 54.6 Å². The van der Waals surface area contributed by atoms with Crippen LogP contribution < -0.4 is 10.9 Å². The molecule has 1 saturated carbocycles. The minimum atomic E-state index is -0.666. The molecular formula is C24H33N5O4. The Hall–Kier alpha value is -3.10. The predicted molar refractivity (Wildman–Crippen MR) is 125 cm³/mol. The summed E-state index contributed by atoms with van der Waals surface area (Å²) in [6, 6.07) is 0.301. The largest absolute Gasteiger partial charge is 0.494 e. The average molecular weight is 456 g/mol. The van der Waals surface area contributed by atoms with Crippen LogP contribution in [0, 0.1) is 12.8 Å². The number of hydrogen-bond acceptors (Lipinski definition) is 5. The summed E-state index contributed by atoms with van der Waals surface area (Å²) in [4.78, 5) is 40.7. The van der Waals surface area contributed by atoms with Gasteiger partial charge in [0.1, 0.15) is 5.65 Å². The second-order valence-electron chi connectivity index (χ2n) is 9.56. The summed E-state index contributed by atoms with van der Waals surface area (Å²) in [5, 5.41) is 18.2. The first-order valence-corrected chi connectivity index (χ1v) is 11.9. The lowest BCUT2D eigenvalue weighted by molar-refractivity contribution is -0.126. The van der Waals surface area contributed by atoms with Gasteiger partial charge in [0.2, 0.25) is 11.8 Å². The number of nitrogens with zero attached hydrogens (tertiary/aromatic N) is 4. The van der Waals surface area contributed by atoms with Crippen molar-refractivity contribution in [2.45, 2.75) is 78.4 Å². The van der Waals surface area contributed by atoms with Gasteiger partial charge in [0.25, 0.3) is 11.5 Å². The minimum absolute atomic E-state index is 0.0481. The average Bonchev–Trinajstić information content (AvgIpc) is 3.32. The molecule has 3 heterocycles. The molecule has 2 aromatic heterocycles. The number of likely N-dealkylation sites (tertiary alicyclic amines) is 1. The Morgan fingerprint density at radius 3 is 2.64 bits per heavy atom. The monoisotopic (exact) mass is 455 g/mol. The Bertz CT molecular complexity index is 1170. The molecule has 33 heavy (non-hydrogen) atoms. The molecule has 1 aliphatic heterocycles. The fourth-order valence-electron chi connectivity index (χ4n) is 4.58. The fraction of sp³-hybridized carbons (Fsp3) is 0.583. The van der Waals surface area contributed by atoms with Gasteiger partial charge in [-0.2, -0.15) is 9.61 Å². The van der Waals surface area contributed by atoms with Crippen LogP contribution >= 0.6 is 0 Å². The van der Waals surface area contributed by atoms with Gasteiger partial charge in [-0.25, -0.2) is 0 Å². The van der Waals surface area contributed by atoms with Crippen LogP contribution in [-0.2, 0) is 11.3 Å². The van der Waals surface area contributed by atoms with Crippen molar-refractivity contribution in [2.75, 3.05) is 6.54 Å². The SMILES string of the molecule is CC[C@@H]1CCCN1C(=O)/C=C/c1c(C)nn2c(=O)c(C(=O)NC3CC3)c(O)n(CC(C)C)c12. The van der Waals surface area contributed by atoms with Crippen LogP contribution in [0.2, 0.25) is 0 Å². The number of aryl methyl sites for hydroxylation is 1. The zero-order chi connectivity index (χ0) is 23.9. The lowest BCUT2D eigenvalue weighted by Crippen LogP contribution is -2.34. The molecule has 4 rings (SSSR count). The van der Waals surface area contributed by atoms with E-state index < -0.39 is 11.5 Å². The van der Waals surface area contributed by atoms with Crippen molar-refractivity contribution in [3.8, 4) is 5.88 Å². The summed E-state index contributed by atoms with van der Waals surface area (Å²) in [5.74, 6) is -0.893. The van der Waals surface area contributed by atoms with Crippen molar-refractivity contribution in [3.05, 3.63) is 33.3 Å². The highest BCUT2D eigenvalue weighted by Gasteiger charge is 2.30. The summed E-state index contributed by atoms with van der Waals surface area (Å²) in [6.07, 6.45) is 7.87. The summed E-state index contributed by atoms with van der Waals surface area (Å²) in [6.45, 7) is 8.93.